The van der Waals surface area contributed by atoms with Crippen LogP contribution in [0.5, 0.6) is 5.75 Å². The SMILES string of the molecule is CN(C)CC1CCC(COc2cc(Cl)ncc2C#Cc2cnn(CCF)c2)CC1. The minimum atomic E-state index is -0.454. The number of rotatable bonds is 7. The van der Waals surface area contributed by atoms with Crippen molar-refractivity contribution in [2.45, 2.75) is 32.2 Å². The van der Waals surface area contributed by atoms with Crippen LogP contribution in [-0.4, -0.2) is 53.6 Å². The summed E-state index contributed by atoms with van der Waals surface area (Å²) in [5.74, 6) is 8.12. The maximum atomic E-state index is 12.4. The molecule has 156 valence electrons. The Morgan fingerprint density at radius 1 is 1.21 bits per heavy atom. The summed E-state index contributed by atoms with van der Waals surface area (Å²) in [6.07, 6.45) is 9.85. The Labute approximate surface area is 177 Å². The molecule has 1 aliphatic carbocycles. The fourth-order valence-corrected chi connectivity index (χ4v) is 3.86. The van der Waals surface area contributed by atoms with Crippen molar-refractivity contribution in [1.29, 1.82) is 0 Å². The van der Waals surface area contributed by atoms with E-state index < -0.39 is 6.67 Å². The van der Waals surface area contributed by atoms with E-state index in [-0.39, 0.29) is 6.54 Å². The molecule has 5 nitrogen and oxygen atoms in total. The summed E-state index contributed by atoms with van der Waals surface area (Å²) in [7, 11) is 4.27. The van der Waals surface area contributed by atoms with Crippen LogP contribution < -0.4 is 4.74 Å². The molecule has 3 rings (SSSR count). The summed E-state index contributed by atoms with van der Waals surface area (Å²) < 4.78 is 20.0. The topological polar surface area (TPSA) is 43.2 Å². The summed E-state index contributed by atoms with van der Waals surface area (Å²) in [5.41, 5.74) is 1.41. The Morgan fingerprint density at radius 2 is 1.97 bits per heavy atom. The normalized spacial score (nSPS) is 19.1. The maximum absolute atomic E-state index is 12.4. The van der Waals surface area contributed by atoms with Crippen LogP contribution in [0.4, 0.5) is 4.39 Å². The van der Waals surface area contributed by atoms with Gasteiger partial charge in [-0.3, -0.25) is 4.68 Å². The van der Waals surface area contributed by atoms with Crippen LogP contribution in [0.3, 0.4) is 0 Å². The van der Waals surface area contributed by atoms with E-state index in [4.69, 9.17) is 16.3 Å². The molecule has 2 aromatic heterocycles. The van der Waals surface area contributed by atoms with E-state index >= 15 is 0 Å². The lowest BCUT2D eigenvalue weighted by Crippen LogP contribution is -2.27. The number of ether oxygens (including phenoxy) is 1. The second kappa shape index (κ2) is 10.6. The number of alkyl halides is 1. The Morgan fingerprint density at radius 3 is 2.69 bits per heavy atom. The van der Waals surface area contributed by atoms with E-state index in [1.54, 1.807) is 24.7 Å². The first-order valence-corrected chi connectivity index (χ1v) is 10.4. The van der Waals surface area contributed by atoms with Gasteiger partial charge in [0.25, 0.3) is 0 Å². The van der Waals surface area contributed by atoms with Gasteiger partial charge in [-0.15, -0.1) is 0 Å². The van der Waals surface area contributed by atoms with E-state index in [9.17, 15) is 4.39 Å². The molecule has 0 saturated heterocycles. The molecule has 29 heavy (non-hydrogen) atoms. The van der Waals surface area contributed by atoms with Gasteiger partial charge >= 0.3 is 0 Å². The molecular formula is C22H28ClFN4O. The van der Waals surface area contributed by atoms with Crippen LogP contribution in [0.15, 0.2) is 24.7 Å². The van der Waals surface area contributed by atoms with E-state index in [1.807, 2.05) is 0 Å². The number of nitrogens with zero attached hydrogens (tertiary/aromatic N) is 4. The van der Waals surface area contributed by atoms with Crippen LogP contribution in [-0.2, 0) is 6.54 Å². The van der Waals surface area contributed by atoms with Gasteiger partial charge in [0.15, 0.2) is 0 Å². The highest BCUT2D eigenvalue weighted by atomic mass is 35.5. The van der Waals surface area contributed by atoms with Crippen molar-refractivity contribution in [3.8, 4) is 17.6 Å². The highest BCUT2D eigenvalue weighted by molar-refractivity contribution is 6.29. The van der Waals surface area contributed by atoms with Crippen molar-refractivity contribution in [3.05, 3.63) is 40.9 Å². The number of aryl methyl sites for hydroxylation is 1. The van der Waals surface area contributed by atoms with Gasteiger partial charge in [-0.05, 0) is 51.6 Å². The molecular weight excluding hydrogens is 391 g/mol. The molecule has 1 fully saturated rings. The van der Waals surface area contributed by atoms with Crippen LogP contribution >= 0.6 is 11.6 Å². The van der Waals surface area contributed by atoms with E-state index in [1.165, 1.54) is 30.4 Å². The lowest BCUT2D eigenvalue weighted by atomic mass is 9.82. The second-order valence-electron chi connectivity index (χ2n) is 7.89. The third kappa shape index (κ3) is 6.73. The van der Waals surface area contributed by atoms with Gasteiger partial charge < -0.3 is 9.64 Å². The molecule has 0 bridgehead atoms. The monoisotopic (exact) mass is 418 g/mol. The third-order valence-corrected chi connectivity index (χ3v) is 5.39. The highest BCUT2D eigenvalue weighted by Crippen LogP contribution is 2.30. The molecule has 1 aliphatic rings. The van der Waals surface area contributed by atoms with Crippen molar-refractivity contribution < 1.29 is 9.13 Å². The van der Waals surface area contributed by atoms with Gasteiger partial charge in [0, 0.05) is 25.0 Å². The second-order valence-corrected chi connectivity index (χ2v) is 8.28. The molecule has 0 atom stereocenters. The van der Waals surface area contributed by atoms with Gasteiger partial charge in [-0.25, -0.2) is 9.37 Å². The highest BCUT2D eigenvalue weighted by Gasteiger charge is 2.22. The van der Waals surface area contributed by atoms with Gasteiger partial charge in [0.1, 0.15) is 17.6 Å². The first kappa shape index (κ1) is 21.6. The quantitative estimate of drug-likeness (QED) is 0.502. The first-order chi connectivity index (χ1) is 14.0. The van der Waals surface area contributed by atoms with Crippen molar-refractivity contribution in [3.63, 3.8) is 0 Å². The molecule has 2 heterocycles. The predicted molar refractivity (Wildman–Crippen MR) is 113 cm³/mol. The Balaban J connectivity index is 1.60. The zero-order valence-electron chi connectivity index (χ0n) is 17.1. The van der Waals surface area contributed by atoms with Crippen molar-refractivity contribution in [2.75, 3.05) is 33.9 Å². The van der Waals surface area contributed by atoms with Gasteiger partial charge in [-0.1, -0.05) is 23.4 Å². The van der Waals surface area contributed by atoms with E-state index in [0.29, 0.717) is 29.0 Å². The number of aromatic nitrogens is 3. The summed E-state index contributed by atoms with van der Waals surface area (Å²) in [4.78, 5) is 6.40. The lowest BCUT2D eigenvalue weighted by molar-refractivity contribution is 0.166. The summed E-state index contributed by atoms with van der Waals surface area (Å²) >= 11 is 6.07. The molecule has 2 aromatic rings. The van der Waals surface area contributed by atoms with Crippen molar-refractivity contribution in [1.82, 2.24) is 19.7 Å². The minimum Gasteiger partial charge on any atom is -0.492 e. The first-order valence-electron chi connectivity index (χ1n) is 10.1. The zero-order valence-corrected chi connectivity index (χ0v) is 17.8. The standard InChI is InChI=1S/C22H28ClFN4O/c1-27(2)14-17-3-5-18(6-4-17)16-29-21-11-22(23)25-13-20(21)8-7-19-12-26-28(15-19)10-9-24/h11-13,15,17-18H,3-6,9-10,14,16H2,1-2H3. The maximum Gasteiger partial charge on any atom is 0.139 e. The fraction of sp³-hybridized carbons (Fsp3) is 0.545. The average Bonchev–Trinajstić information content (AvgIpc) is 3.14. The van der Waals surface area contributed by atoms with Crippen molar-refractivity contribution in [2.24, 2.45) is 11.8 Å². The van der Waals surface area contributed by atoms with E-state index in [2.05, 4.69) is 40.9 Å². The Kier molecular flexibility index (Phi) is 7.91. The number of pyridine rings is 1. The molecule has 0 unspecified atom stereocenters. The van der Waals surface area contributed by atoms with Crippen LogP contribution in [0.2, 0.25) is 5.15 Å². The van der Waals surface area contributed by atoms with Gasteiger partial charge in [-0.2, -0.15) is 5.10 Å². The molecule has 0 aromatic carbocycles. The predicted octanol–water partition coefficient (Wildman–Crippen LogP) is 4.05. The fourth-order valence-electron chi connectivity index (χ4n) is 3.71. The summed E-state index contributed by atoms with van der Waals surface area (Å²) in [6.45, 7) is 1.60. The van der Waals surface area contributed by atoms with E-state index in [0.717, 1.165) is 18.0 Å². The molecule has 0 radical (unpaired) electrons. The van der Waals surface area contributed by atoms with Crippen LogP contribution in [0.25, 0.3) is 0 Å². The number of halogens is 2. The van der Waals surface area contributed by atoms with Crippen LogP contribution in [0.1, 0.15) is 36.8 Å². The minimum absolute atomic E-state index is 0.231. The molecule has 0 aliphatic heterocycles. The van der Waals surface area contributed by atoms with Gasteiger partial charge in [0.2, 0.25) is 0 Å². The smallest absolute Gasteiger partial charge is 0.139 e. The van der Waals surface area contributed by atoms with Crippen LogP contribution in [0, 0.1) is 23.7 Å². The molecule has 0 amide bonds. The average molecular weight is 419 g/mol. The number of hydrogen-bond acceptors (Lipinski definition) is 4. The lowest BCUT2D eigenvalue weighted by Gasteiger charge is -2.30. The van der Waals surface area contributed by atoms with Crippen molar-refractivity contribution >= 4 is 11.6 Å². The molecule has 0 spiro atoms. The Hall–Kier alpha value is -2.10. The Bertz CT molecular complexity index is 850. The third-order valence-electron chi connectivity index (χ3n) is 5.19. The molecule has 7 heteroatoms. The molecule has 0 N–H and O–H groups in total. The molecule has 1 saturated carbocycles. The van der Waals surface area contributed by atoms with Gasteiger partial charge in [0.05, 0.1) is 30.5 Å². The number of hydrogen-bond donors (Lipinski definition) is 0. The zero-order chi connectivity index (χ0) is 20.6. The largest absolute Gasteiger partial charge is 0.492 e. The summed E-state index contributed by atoms with van der Waals surface area (Å²) in [5, 5.41) is 4.46. The summed E-state index contributed by atoms with van der Waals surface area (Å²) in [6, 6.07) is 1.72.